The molecule has 0 saturated carbocycles. The molecule has 3 aliphatic heterocycles. The van der Waals surface area contributed by atoms with Crippen molar-refractivity contribution in [1.82, 2.24) is 10.6 Å². The van der Waals surface area contributed by atoms with E-state index in [0.717, 1.165) is 17.5 Å². The molecule has 4 atom stereocenters. The Kier molecular flexibility index (Phi) is 21.0. The smallest absolute Gasteiger partial charge is 0.303 e. The summed E-state index contributed by atoms with van der Waals surface area (Å²) in [4.78, 5) is 37.7. The number of carboxylic acids is 1. The van der Waals surface area contributed by atoms with Crippen molar-refractivity contribution in [3.63, 3.8) is 0 Å². The Morgan fingerprint density at radius 1 is 0.690 bits per heavy atom. The quantitative estimate of drug-likeness (QED) is 0.0268. The number of anilines is 1. The highest BCUT2D eigenvalue weighted by atomic mass is 32.9. The maximum absolute atomic E-state index is 13.5. The molecule has 4 aromatic rings. The van der Waals surface area contributed by atoms with Crippen LogP contribution in [0.4, 0.5) is 11.4 Å². The Morgan fingerprint density at radius 3 is 1.86 bits per heavy atom. The number of unbranched alkanes of at least 4 members (excludes halogenated alkanes) is 2. The van der Waals surface area contributed by atoms with Crippen molar-refractivity contribution >= 4 is 122 Å². The summed E-state index contributed by atoms with van der Waals surface area (Å²) in [6.45, 7) is 6.71. The number of fused-ring (bicyclic) bond motifs is 9. The minimum atomic E-state index is -5.12. The minimum absolute atomic E-state index is 0.0192. The van der Waals surface area contributed by atoms with E-state index in [0.29, 0.717) is 105 Å². The molecule has 7 N–H and O–H groups in total. The van der Waals surface area contributed by atoms with E-state index >= 15 is 0 Å². The number of rotatable bonds is 14. The SMILES string of the molecule is CC1(C)C2=[N+](CCCCCC(=O)NCC(CCCCCC(=O)O)CNC(=O)CCCCCC3(C)C(=CC=CC=C2)N(CCCS(=O)(=O)O)c2ccc4c(S(=O)(=O)O)cc(S(=O)(=O)O)cc4c23)c2ccc3c(S(=O)(=O)O)cc(S(=O)(=P)P)cc3c21. The molecular formula is C56H73N4O17P2S5+. The third kappa shape index (κ3) is 16.0. The van der Waals surface area contributed by atoms with Crippen molar-refractivity contribution in [3.05, 3.63) is 95.7 Å². The van der Waals surface area contributed by atoms with E-state index in [1.54, 1.807) is 53.5 Å². The Morgan fingerprint density at radius 2 is 1.27 bits per heavy atom. The molecule has 84 heavy (non-hydrogen) atoms. The maximum Gasteiger partial charge on any atom is 0.303 e. The zero-order valence-electron chi connectivity index (χ0n) is 46.9. The first-order valence-corrected chi connectivity index (χ1v) is 37.7. The van der Waals surface area contributed by atoms with Gasteiger partial charge in [0.2, 0.25) is 17.5 Å². The number of nitrogens with zero attached hydrogens (tertiary/aromatic N) is 2. The predicted octanol–water partition coefficient (Wildman–Crippen LogP) is 9.06. The molecule has 2 amide bonds. The summed E-state index contributed by atoms with van der Waals surface area (Å²) in [7, 11) is -17.1. The monoisotopic (exact) mass is 1300 g/mol. The average molecular weight is 1300 g/mol. The Bertz CT molecular complexity index is 4000. The molecule has 4 unspecified atom stereocenters. The summed E-state index contributed by atoms with van der Waals surface area (Å²) >= 11 is 0. The molecule has 4 aromatic carbocycles. The van der Waals surface area contributed by atoms with Crippen LogP contribution in [-0.4, -0.2) is 121 Å². The Hall–Kier alpha value is -4.98. The molecule has 0 bridgehead atoms. The fourth-order valence-electron chi connectivity index (χ4n) is 11.9. The van der Waals surface area contributed by atoms with Gasteiger partial charge in [-0.05, 0) is 139 Å². The average Bonchev–Trinajstić information content (AvgIpc) is 1.53. The molecule has 458 valence electrons. The number of aliphatic carboxylic acids is 1. The molecule has 0 aromatic heterocycles. The number of carboxylic acid groups (broad SMARTS) is 1. The molecule has 0 fully saturated rings. The van der Waals surface area contributed by atoms with Crippen LogP contribution >= 0.6 is 16.5 Å². The molecular weight excluding hydrogens is 1220 g/mol. The first-order valence-electron chi connectivity index (χ1n) is 27.5. The van der Waals surface area contributed by atoms with Gasteiger partial charge in [-0.15, -0.1) is 0 Å². The first kappa shape index (κ1) is 66.5. The number of hydrogen-bond donors (Lipinski definition) is 7. The van der Waals surface area contributed by atoms with Crippen molar-refractivity contribution < 1.29 is 80.2 Å². The zero-order chi connectivity index (χ0) is 61.8. The van der Waals surface area contributed by atoms with E-state index in [-0.39, 0.29) is 90.5 Å². The Balaban J connectivity index is 1.37. The molecule has 0 aliphatic carbocycles. The summed E-state index contributed by atoms with van der Waals surface area (Å²) < 4.78 is 158. The zero-order valence-corrected chi connectivity index (χ0v) is 53.1. The predicted molar refractivity (Wildman–Crippen MR) is 328 cm³/mol. The molecule has 0 spiro atoms. The standard InChI is InChI=1S/C56H72N4O17P2S5/c1-55(2)48-18-9-5-10-19-49-56(3,54-43-31-38(81(68,69)70)33-46(82(71,72)73)41(43)24-26-45(54)60(49)29-16-30-80(65,66)67)27-14-6-11-20-50(61)57-35-37(17-8-4-13-22-52(63)64)36-58-51(62)21-12-7-15-28-59(48)44-25-23-40-42(53(44)55)32-39(84(77,78)79)34-47(40)83(74,75)76/h5,9-10,18-19,23-26,31-34,37,78H,4,6-8,11-17,20-22,27-30,35-36,79H2,1-3H3,(H6-,57,58,61,62,63,64,65,66,67,68,69,70,71,72,73,74,75,76)/p+1. The van der Waals surface area contributed by atoms with Gasteiger partial charge in [-0.1, -0.05) is 58.0 Å². The van der Waals surface area contributed by atoms with Crippen LogP contribution in [0.25, 0.3) is 21.5 Å². The van der Waals surface area contributed by atoms with Crippen molar-refractivity contribution in [2.75, 3.05) is 36.8 Å². The summed E-state index contributed by atoms with van der Waals surface area (Å²) in [6, 6.07) is 10.9. The lowest BCUT2D eigenvalue weighted by molar-refractivity contribution is -0.438. The highest BCUT2D eigenvalue weighted by Gasteiger charge is 2.47. The van der Waals surface area contributed by atoms with Crippen LogP contribution in [0.3, 0.4) is 0 Å². The van der Waals surface area contributed by atoms with Crippen LogP contribution < -0.4 is 15.5 Å². The lowest BCUT2D eigenvalue weighted by Gasteiger charge is -2.31. The van der Waals surface area contributed by atoms with E-state index in [2.05, 4.69) is 31.7 Å². The molecule has 7 rings (SSSR count). The van der Waals surface area contributed by atoms with Gasteiger partial charge in [0.15, 0.2) is 5.71 Å². The van der Waals surface area contributed by atoms with Crippen LogP contribution in [0.15, 0.2) is 104 Å². The van der Waals surface area contributed by atoms with E-state index in [4.69, 9.17) is 5.11 Å². The van der Waals surface area contributed by atoms with Crippen molar-refractivity contribution in [2.45, 2.75) is 147 Å². The van der Waals surface area contributed by atoms with Gasteiger partial charge in [-0.2, -0.15) is 38.2 Å². The number of benzene rings is 4. The van der Waals surface area contributed by atoms with Gasteiger partial charge in [0.05, 0.1) is 16.1 Å². The lowest BCUT2D eigenvalue weighted by atomic mass is 9.75. The van der Waals surface area contributed by atoms with E-state index < -0.39 is 86.4 Å². The third-order valence-corrected chi connectivity index (χ3v) is 21.8. The molecule has 3 heterocycles. The first-order chi connectivity index (χ1) is 39.1. The van der Waals surface area contributed by atoms with Crippen LogP contribution in [0, 0.1) is 5.92 Å². The summed E-state index contributed by atoms with van der Waals surface area (Å²) in [6.07, 6.45) is 15.0. The summed E-state index contributed by atoms with van der Waals surface area (Å²) in [5.74, 6) is -2.07. The molecule has 0 radical (unpaired) electrons. The van der Waals surface area contributed by atoms with Gasteiger partial charge >= 0.3 is 5.97 Å². The number of hydrogen-bond acceptors (Lipinski definition) is 13. The third-order valence-electron chi connectivity index (χ3n) is 15.9. The number of allylic oxidation sites excluding steroid dienone is 6. The van der Waals surface area contributed by atoms with Gasteiger partial charge in [0.1, 0.15) is 16.3 Å². The largest absolute Gasteiger partial charge is 0.481 e. The molecule has 3 aliphatic rings. The second-order valence-electron chi connectivity index (χ2n) is 22.4. The van der Waals surface area contributed by atoms with Crippen molar-refractivity contribution in [2.24, 2.45) is 5.92 Å². The Labute approximate surface area is 495 Å². The van der Waals surface area contributed by atoms with Crippen molar-refractivity contribution in [3.8, 4) is 0 Å². The van der Waals surface area contributed by atoms with Crippen LogP contribution in [0.5, 0.6) is 0 Å². The van der Waals surface area contributed by atoms with Gasteiger partial charge < -0.3 is 20.6 Å². The van der Waals surface area contributed by atoms with Gasteiger partial charge in [0.25, 0.3) is 40.5 Å². The lowest BCUT2D eigenvalue weighted by Crippen LogP contribution is -2.36. The van der Waals surface area contributed by atoms with E-state index in [1.807, 2.05) is 26.8 Å². The molecule has 0 saturated heterocycles. The maximum atomic E-state index is 13.5. The van der Waals surface area contributed by atoms with E-state index in [1.165, 1.54) is 12.1 Å². The molecule has 21 nitrogen and oxygen atoms in total. The van der Waals surface area contributed by atoms with Crippen LogP contribution in [0.1, 0.15) is 128 Å². The number of nitrogens with one attached hydrogen (secondary N) is 2. The van der Waals surface area contributed by atoms with Gasteiger partial charge in [-0.25, -0.2) is 0 Å². The van der Waals surface area contributed by atoms with E-state index in [9.17, 15) is 70.5 Å². The van der Waals surface area contributed by atoms with Gasteiger partial charge in [-0.3, -0.25) is 36.8 Å². The fraction of sp³-hybridized carbons (Fsp3) is 0.464. The normalized spacial score (nSPS) is 20.8. The second kappa shape index (κ2) is 26.6. The fourth-order valence-corrected chi connectivity index (χ4v) is 15.9. The topological polar surface area (TPSA) is 336 Å². The second-order valence-corrected chi connectivity index (χ2v) is 35.1. The highest BCUT2D eigenvalue weighted by Crippen LogP contribution is 2.54. The van der Waals surface area contributed by atoms with Crippen LogP contribution in [0.2, 0.25) is 0 Å². The number of carbonyl (C=O) groups is 3. The van der Waals surface area contributed by atoms with Crippen LogP contribution in [-0.2, 0) is 74.4 Å². The summed E-state index contributed by atoms with van der Waals surface area (Å²) in [5, 5.41) is 15.8. The summed E-state index contributed by atoms with van der Waals surface area (Å²) in [5.41, 5.74) is 1.49. The molecule has 28 heteroatoms. The highest BCUT2D eigenvalue weighted by molar-refractivity contribution is 8.54. The minimum Gasteiger partial charge on any atom is -0.481 e. The van der Waals surface area contributed by atoms with Crippen molar-refractivity contribution in [1.29, 1.82) is 0 Å². The van der Waals surface area contributed by atoms with Gasteiger partial charge in [0, 0.05) is 104 Å². The number of amides is 2. The number of carbonyl (C=O) groups excluding carboxylic acids is 2.